The number of hydrogen-bond acceptors (Lipinski definition) is 1. The number of hydrogen-bond donors (Lipinski definition) is 0. The maximum Gasteiger partial charge on any atom is 0.180 e. The summed E-state index contributed by atoms with van der Waals surface area (Å²) < 4.78 is 6.93. The third-order valence-corrected chi connectivity index (χ3v) is 17.8. The summed E-state index contributed by atoms with van der Waals surface area (Å²) in [4.78, 5) is 0. The van der Waals surface area contributed by atoms with Crippen LogP contribution in [-0.2, 0) is 0 Å². The van der Waals surface area contributed by atoms with E-state index in [-0.39, 0.29) is 0 Å². The first-order valence-electron chi connectivity index (χ1n) is 21.4. The fourth-order valence-electron chi connectivity index (χ4n) is 10.4. The number of fused-ring (bicyclic) bond motifs is 6. The van der Waals surface area contributed by atoms with Gasteiger partial charge in [0.1, 0.15) is 11.2 Å². The van der Waals surface area contributed by atoms with Crippen LogP contribution in [0.2, 0.25) is 0 Å². The van der Waals surface area contributed by atoms with E-state index >= 15 is 0 Å². The Bertz CT molecular complexity index is 3470. The molecule has 1 aromatic heterocycles. The van der Waals surface area contributed by atoms with Crippen molar-refractivity contribution in [2.45, 2.75) is 0 Å². The van der Waals surface area contributed by atoms with E-state index in [2.05, 4.69) is 243 Å². The maximum atomic E-state index is 6.93. The second kappa shape index (κ2) is 14.7. The quantitative estimate of drug-likeness (QED) is 0.0888. The molecule has 2 heteroatoms. The third-order valence-electron chi connectivity index (χ3n) is 13.0. The standard InChI is InChI=1S/C60H40OSi/c1-4-22-45(23-5-1)62(46-24-6-2-7-25-46,47-26-8-3-9-27-47)57-35-19-17-28-48(57)54-39-44(40-56-60(54)53-33-16-18-34-55(53)61-56)59-51-31-14-12-29-49(51)58(50-30-13-15-32-52(50)59)43-37-36-41-20-10-11-21-42(41)38-43/h1-40H. The molecular formula is C60H40OSi. The molecule has 290 valence electrons. The van der Waals surface area contributed by atoms with Crippen LogP contribution < -0.4 is 20.7 Å². The lowest BCUT2D eigenvalue weighted by molar-refractivity contribution is 0.669. The van der Waals surface area contributed by atoms with Gasteiger partial charge in [0.05, 0.1) is 0 Å². The molecule has 0 radical (unpaired) electrons. The molecule has 11 aromatic carbocycles. The van der Waals surface area contributed by atoms with Crippen molar-refractivity contribution < 1.29 is 4.42 Å². The molecule has 0 saturated heterocycles. The lowest BCUT2D eigenvalue weighted by atomic mass is 9.84. The molecule has 0 N–H and O–H groups in total. The van der Waals surface area contributed by atoms with Gasteiger partial charge >= 0.3 is 0 Å². The van der Waals surface area contributed by atoms with Crippen LogP contribution in [0.3, 0.4) is 0 Å². The van der Waals surface area contributed by atoms with Crippen LogP contribution in [0.25, 0.3) is 87.6 Å². The Labute approximate surface area is 361 Å². The van der Waals surface area contributed by atoms with E-state index in [4.69, 9.17) is 4.42 Å². The minimum absolute atomic E-state index is 0.881. The second-order valence-corrected chi connectivity index (χ2v) is 20.1. The van der Waals surface area contributed by atoms with Crippen LogP contribution in [-0.4, -0.2) is 8.07 Å². The van der Waals surface area contributed by atoms with Crippen molar-refractivity contribution in [3.8, 4) is 33.4 Å². The first-order valence-corrected chi connectivity index (χ1v) is 23.4. The predicted octanol–water partition coefficient (Wildman–Crippen LogP) is 13.4. The fraction of sp³-hybridized carbons (Fsp3) is 0. The summed E-state index contributed by atoms with van der Waals surface area (Å²) >= 11 is 0. The molecule has 1 heterocycles. The molecule has 0 aliphatic carbocycles. The maximum absolute atomic E-state index is 6.93. The minimum atomic E-state index is -2.94. The normalized spacial score (nSPS) is 11.9. The monoisotopic (exact) mass is 804 g/mol. The summed E-state index contributed by atoms with van der Waals surface area (Å²) in [6, 6.07) is 89.6. The van der Waals surface area contributed by atoms with E-state index in [0.29, 0.717) is 0 Å². The average Bonchev–Trinajstić information content (AvgIpc) is 3.73. The molecule has 0 amide bonds. The van der Waals surface area contributed by atoms with Crippen LogP contribution in [0.15, 0.2) is 247 Å². The van der Waals surface area contributed by atoms with E-state index < -0.39 is 8.07 Å². The van der Waals surface area contributed by atoms with Crippen molar-refractivity contribution in [3.05, 3.63) is 243 Å². The molecule has 0 fully saturated rings. The van der Waals surface area contributed by atoms with Crippen LogP contribution in [0.4, 0.5) is 0 Å². The average molecular weight is 805 g/mol. The molecule has 12 aromatic rings. The number of furan rings is 1. The predicted molar refractivity (Wildman–Crippen MR) is 266 cm³/mol. The van der Waals surface area contributed by atoms with E-state index in [1.54, 1.807) is 0 Å². The van der Waals surface area contributed by atoms with Crippen LogP contribution in [0.5, 0.6) is 0 Å². The van der Waals surface area contributed by atoms with E-state index in [0.717, 1.165) is 27.5 Å². The highest BCUT2D eigenvalue weighted by molar-refractivity contribution is 7.20. The zero-order valence-corrected chi connectivity index (χ0v) is 35.0. The Balaban J connectivity index is 1.20. The van der Waals surface area contributed by atoms with Gasteiger partial charge < -0.3 is 4.42 Å². The van der Waals surface area contributed by atoms with Crippen molar-refractivity contribution >= 4 is 83.1 Å². The fourth-order valence-corrected chi connectivity index (χ4v) is 15.4. The smallest absolute Gasteiger partial charge is 0.180 e. The summed E-state index contributed by atoms with van der Waals surface area (Å²) in [5, 5.41) is 15.0. The lowest BCUT2D eigenvalue weighted by Gasteiger charge is -2.36. The molecule has 0 spiro atoms. The molecule has 0 atom stereocenters. The Morgan fingerprint density at radius 3 is 1.35 bits per heavy atom. The highest BCUT2D eigenvalue weighted by Gasteiger charge is 2.43. The summed E-state index contributed by atoms with van der Waals surface area (Å²) in [5.41, 5.74) is 8.97. The Morgan fingerprint density at radius 2 is 0.758 bits per heavy atom. The van der Waals surface area contributed by atoms with Gasteiger partial charge in [-0.2, -0.15) is 0 Å². The van der Waals surface area contributed by atoms with Gasteiger partial charge in [0.25, 0.3) is 0 Å². The molecule has 0 aliphatic heterocycles. The Morgan fingerprint density at radius 1 is 0.290 bits per heavy atom. The number of para-hydroxylation sites is 1. The van der Waals surface area contributed by atoms with Crippen LogP contribution in [0.1, 0.15) is 0 Å². The molecule has 62 heavy (non-hydrogen) atoms. The van der Waals surface area contributed by atoms with Gasteiger partial charge in [0.2, 0.25) is 0 Å². The zero-order valence-electron chi connectivity index (χ0n) is 34.0. The topological polar surface area (TPSA) is 13.1 Å². The first-order chi connectivity index (χ1) is 30.8. The largest absolute Gasteiger partial charge is 0.456 e. The third kappa shape index (κ3) is 5.61. The molecule has 0 bridgehead atoms. The Hall–Kier alpha value is -7.78. The summed E-state index contributed by atoms with van der Waals surface area (Å²) in [5.74, 6) is 0. The van der Waals surface area contributed by atoms with Crippen LogP contribution >= 0.6 is 0 Å². The molecule has 0 saturated carbocycles. The van der Waals surface area contributed by atoms with Crippen molar-refractivity contribution in [2.75, 3.05) is 0 Å². The molecule has 1 nitrogen and oxygen atoms in total. The van der Waals surface area contributed by atoms with Crippen molar-refractivity contribution in [1.29, 1.82) is 0 Å². The highest BCUT2D eigenvalue weighted by Crippen LogP contribution is 2.47. The lowest BCUT2D eigenvalue weighted by Crippen LogP contribution is -2.75. The molecule has 0 aliphatic rings. The Kier molecular flexibility index (Phi) is 8.58. The summed E-state index contributed by atoms with van der Waals surface area (Å²) in [7, 11) is -2.94. The van der Waals surface area contributed by atoms with E-state index in [1.165, 1.54) is 80.9 Å². The van der Waals surface area contributed by atoms with Gasteiger partial charge in [-0.05, 0) is 111 Å². The van der Waals surface area contributed by atoms with Crippen molar-refractivity contribution in [1.82, 2.24) is 0 Å². The van der Waals surface area contributed by atoms with Gasteiger partial charge in [-0.1, -0.05) is 218 Å². The second-order valence-electron chi connectivity index (χ2n) is 16.3. The number of rotatable bonds is 7. The van der Waals surface area contributed by atoms with Gasteiger partial charge in [0, 0.05) is 10.8 Å². The van der Waals surface area contributed by atoms with E-state index in [1.807, 2.05) is 0 Å². The van der Waals surface area contributed by atoms with Crippen molar-refractivity contribution in [2.24, 2.45) is 0 Å². The van der Waals surface area contributed by atoms with Gasteiger partial charge in [-0.25, -0.2) is 0 Å². The molecular weight excluding hydrogens is 765 g/mol. The first kappa shape index (κ1) is 36.1. The molecule has 12 rings (SSSR count). The zero-order chi connectivity index (χ0) is 41.0. The minimum Gasteiger partial charge on any atom is -0.456 e. The molecule has 0 unspecified atom stereocenters. The van der Waals surface area contributed by atoms with Crippen molar-refractivity contribution in [3.63, 3.8) is 0 Å². The van der Waals surface area contributed by atoms with Gasteiger partial charge in [-0.15, -0.1) is 0 Å². The summed E-state index contributed by atoms with van der Waals surface area (Å²) in [6.45, 7) is 0. The van der Waals surface area contributed by atoms with Crippen LogP contribution in [0, 0.1) is 0 Å². The SMILES string of the molecule is c1ccc([Si](c2ccccc2)(c2ccccc2)c2ccccc2-c2cc(-c3c4ccccc4c(-c4ccc5ccccc5c4)c4ccccc34)cc3oc4ccccc4c23)cc1. The summed E-state index contributed by atoms with van der Waals surface area (Å²) in [6.07, 6.45) is 0. The van der Waals surface area contributed by atoms with Gasteiger partial charge in [-0.3, -0.25) is 0 Å². The highest BCUT2D eigenvalue weighted by atomic mass is 28.3. The number of benzene rings is 11. The van der Waals surface area contributed by atoms with Gasteiger partial charge in [0.15, 0.2) is 8.07 Å². The van der Waals surface area contributed by atoms with E-state index in [9.17, 15) is 0 Å².